The average Bonchev–Trinajstić information content (AvgIpc) is 3.13. The highest BCUT2D eigenvalue weighted by molar-refractivity contribution is 7.92. The Balaban J connectivity index is 1.70. The lowest BCUT2D eigenvalue weighted by Gasteiger charge is -2.10. The number of rotatable bonds is 5. The molecule has 9 heteroatoms. The van der Waals surface area contributed by atoms with Crippen LogP contribution in [0.25, 0.3) is 11.0 Å². The normalized spacial score (nSPS) is 11.5. The van der Waals surface area contributed by atoms with Crippen LogP contribution in [-0.2, 0) is 10.0 Å². The number of sulfonamides is 1. The van der Waals surface area contributed by atoms with Crippen molar-refractivity contribution in [3.05, 3.63) is 89.8 Å². The Hall–Kier alpha value is -3.59. The van der Waals surface area contributed by atoms with Gasteiger partial charge in [0, 0.05) is 29.0 Å². The standard InChI is InChI=1S/C20H13F2N3O3S/c21-12-3-1-4-14(9-12)29(27,28)25-13-6-7-18(22)16(10-13)19(26)17-11-24-20-15(17)5-2-8-23-20/h1-11,25H,(H,23,24). The van der Waals surface area contributed by atoms with E-state index in [0.29, 0.717) is 11.0 Å². The van der Waals surface area contributed by atoms with Crippen LogP contribution in [0.4, 0.5) is 14.5 Å². The first-order valence-corrected chi connectivity index (χ1v) is 9.88. The van der Waals surface area contributed by atoms with Crippen molar-refractivity contribution in [2.24, 2.45) is 0 Å². The number of hydrogen-bond donors (Lipinski definition) is 2. The summed E-state index contributed by atoms with van der Waals surface area (Å²) >= 11 is 0. The monoisotopic (exact) mass is 413 g/mol. The van der Waals surface area contributed by atoms with E-state index in [1.54, 1.807) is 18.3 Å². The summed E-state index contributed by atoms with van der Waals surface area (Å²) in [5, 5.41) is 0.516. The molecule has 4 rings (SSSR count). The van der Waals surface area contributed by atoms with Crippen LogP contribution in [0.1, 0.15) is 15.9 Å². The lowest BCUT2D eigenvalue weighted by Crippen LogP contribution is -2.14. The molecule has 0 spiro atoms. The number of pyridine rings is 1. The second kappa shape index (κ2) is 7.10. The van der Waals surface area contributed by atoms with Gasteiger partial charge < -0.3 is 4.98 Å². The smallest absolute Gasteiger partial charge is 0.261 e. The van der Waals surface area contributed by atoms with E-state index in [1.165, 1.54) is 24.4 Å². The lowest BCUT2D eigenvalue weighted by atomic mass is 10.0. The number of aromatic nitrogens is 2. The van der Waals surface area contributed by atoms with E-state index in [0.717, 1.165) is 24.3 Å². The highest BCUT2D eigenvalue weighted by Gasteiger charge is 2.21. The van der Waals surface area contributed by atoms with Gasteiger partial charge in [0.1, 0.15) is 17.3 Å². The van der Waals surface area contributed by atoms with Gasteiger partial charge in [0.25, 0.3) is 10.0 Å². The lowest BCUT2D eigenvalue weighted by molar-refractivity contribution is 0.103. The molecule has 0 saturated carbocycles. The quantitative estimate of drug-likeness (QED) is 0.486. The van der Waals surface area contributed by atoms with Crippen LogP contribution >= 0.6 is 0 Å². The maximum Gasteiger partial charge on any atom is 0.261 e. The summed E-state index contributed by atoms with van der Waals surface area (Å²) in [7, 11) is -4.12. The number of benzene rings is 2. The fraction of sp³-hybridized carbons (Fsp3) is 0. The van der Waals surface area contributed by atoms with Gasteiger partial charge >= 0.3 is 0 Å². The van der Waals surface area contributed by atoms with Crippen LogP contribution in [0.5, 0.6) is 0 Å². The van der Waals surface area contributed by atoms with Gasteiger partial charge in [-0.1, -0.05) is 6.07 Å². The van der Waals surface area contributed by atoms with Gasteiger partial charge in [0.05, 0.1) is 10.5 Å². The van der Waals surface area contributed by atoms with Crippen molar-refractivity contribution in [3.8, 4) is 0 Å². The van der Waals surface area contributed by atoms with Crippen LogP contribution in [-0.4, -0.2) is 24.2 Å². The summed E-state index contributed by atoms with van der Waals surface area (Å²) in [4.78, 5) is 19.5. The predicted molar refractivity (Wildman–Crippen MR) is 103 cm³/mol. The van der Waals surface area contributed by atoms with Gasteiger partial charge in [0.15, 0.2) is 5.78 Å². The number of fused-ring (bicyclic) bond motifs is 1. The molecule has 0 fully saturated rings. The molecular weight excluding hydrogens is 400 g/mol. The van der Waals surface area contributed by atoms with E-state index in [4.69, 9.17) is 0 Å². The fourth-order valence-electron chi connectivity index (χ4n) is 2.90. The summed E-state index contributed by atoms with van der Waals surface area (Å²) in [6, 6.07) is 11.0. The molecule has 0 aliphatic carbocycles. The number of nitrogens with one attached hydrogen (secondary N) is 2. The molecule has 2 aromatic carbocycles. The Morgan fingerprint density at radius 2 is 1.83 bits per heavy atom. The number of nitrogens with zero attached hydrogens (tertiary/aromatic N) is 1. The summed E-state index contributed by atoms with van der Waals surface area (Å²) < 4.78 is 54.8. The molecule has 0 aliphatic rings. The van der Waals surface area contributed by atoms with Crippen LogP contribution in [0.3, 0.4) is 0 Å². The number of anilines is 1. The minimum Gasteiger partial charge on any atom is -0.345 e. The van der Waals surface area contributed by atoms with E-state index >= 15 is 0 Å². The zero-order chi connectivity index (χ0) is 20.6. The van der Waals surface area contributed by atoms with Gasteiger partial charge in [0.2, 0.25) is 0 Å². The molecule has 0 saturated heterocycles. The third kappa shape index (κ3) is 3.59. The number of ketones is 1. The number of halogens is 2. The van der Waals surface area contributed by atoms with Crippen LogP contribution in [0.2, 0.25) is 0 Å². The first kappa shape index (κ1) is 18.8. The highest BCUT2D eigenvalue weighted by atomic mass is 32.2. The Bertz CT molecular complexity index is 1350. The zero-order valence-electron chi connectivity index (χ0n) is 14.7. The van der Waals surface area contributed by atoms with Crippen molar-refractivity contribution >= 4 is 32.5 Å². The van der Waals surface area contributed by atoms with Gasteiger partial charge in [-0.05, 0) is 48.5 Å². The Morgan fingerprint density at radius 3 is 2.62 bits per heavy atom. The third-order valence-electron chi connectivity index (χ3n) is 4.27. The predicted octanol–water partition coefficient (Wildman–Crippen LogP) is 3.87. The van der Waals surface area contributed by atoms with E-state index in [2.05, 4.69) is 14.7 Å². The molecule has 146 valence electrons. The van der Waals surface area contributed by atoms with Gasteiger partial charge in [-0.25, -0.2) is 22.2 Å². The number of hydrogen-bond acceptors (Lipinski definition) is 4. The minimum absolute atomic E-state index is 0.0306. The molecule has 2 aromatic heterocycles. The number of carbonyl (C=O) groups is 1. The molecule has 0 atom stereocenters. The van der Waals surface area contributed by atoms with Crippen molar-refractivity contribution in [2.45, 2.75) is 4.90 Å². The minimum atomic E-state index is -4.12. The van der Waals surface area contributed by atoms with Crippen molar-refractivity contribution in [2.75, 3.05) is 4.72 Å². The average molecular weight is 413 g/mol. The number of carbonyl (C=O) groups excluding carboxylic acids is 1. The van der Waals surface area contributed by atoms with Crippen LogP contribution in [0.15, 0.2) is 71.9 Å². The van der Waals surface area contributed by atoms with E-state index in [-0.39, 0.29) is 21.7 Å². The molecule has 29 heavy (non-hydrogen) atoms. The fourth-order valence-corrected chi connectivity index (χ4v) is 3.98. The third-order valence-corrected chi connectivity index (χ3v) is 5.64. The Morgan fingerprint density at radius 1 is 1.00 bits per heavy atom. The molecular formula is C20H13F2N3O3S. The molecule has 0 radical (unpaired) electrons. The van der Waals surface area contributed by atoms with Crippen molar-refractivity contribution in [1.82, 2.24) is 9.97 Å². The van der Waals surface area contributed by atoms with Gasteiger partial charge in [-0.2, -0.15) is 0 Å². The summed E-state index contributed by atoms with van der Waals surface area (Å²) in [5.74, 6) is -2.15. The SMILES string of the molecule is O=C(c1cc(NS(=O)(=O)c2cccc(F)c2)ccc1F)c1c[nH]c2ncccc12. The molecule has 0 amide bonds. The highest BCUT2D eigenvalue weighted by Crippen LogP contribution is 2.24. The summed E-state index contributed by atoms with van der Waals surface area (Å²) in [6.45, 7) is 0. The second-order valence-electron chi connectivity index (χ2n) is 6.19. The van der Waals surface area contributed by atoms with Gasteiger partial charge in [-0.3, -0.25) is 9.52 Å². The first-order chi connectivity index (χ1) is 13.8. The van der Waals surface area contributed by atoms with Crippen LogP contribution < -0.4 is 4.72 Å². The molecule has 6 nitrogen and oxygen atoms in total. The van der Waals surface area contributed by atoms with Crippen molar-refractivity contribution in [3.63, 3.8) is 0 Å². The zero-order valence-corrected chi connectivity index (χ0v) is 15.5. The molecule has 0 unspecified atom stereocenters. The van der Waals surface area contributed by atoms with Crippen LogP contribution in [0, 0.1) is 11.6 Å². The largest absolute Gasteiger partial charge is 0.345 e. The summed E-state index contributed by atoms with van der Waals surface area (Å²) in [5.41, 5.74) is 0.336. The van der Waals surface area contributed by atoms with Gasteiger partial charge in [-0.15, -0.1) is 0 Å². The second-order valence-corrected chi connectivity index (χ2v) is 7.87. The summed E-state index contributed by atoms with van der Waals surface area (Å²) in [6.07, 6.45) is 2.97. The molecule has 4 aromatic rings. The molecule has 0 bridgehead atoms. The molecule has 0 aliphatic heterocycles. The maximum absolute atomic E-state index is 14.3. The Labute approximate surface area is 164 Å². The Kier molecular flexibility index (Phi) is 4.59. The van der Waals surface area contributed by atoms with Crippen molar-refractivity contribution in [1.29, 1.82) is 0 Å². The number of aromatic amines is 1. The topological polar surface area (TPSA) is 91.9 Å². The number of H-pyrrole nitrogens is 1. The van der Waals surface area contributed by atoms with E-state index in [9.17, 15) is 22.0 Å². The molecule has 2 N–H and O–H groups in total. The first-order valence-electron chi connectivity index (χ1n) is 8.40. The van der Waals surface area contributed by atoms with E-state index < -0.39 is 27.4 Å². The van der Waals surface area contributed by atoms with Crippen molar-refractivity contribution < 1.29 is 22.0 Å². The van der Waals surface area contributed by atoms with E-state index in [1.807, 2.05) is 0 Å². The molecule has 2 heterocycles. The maximum atomic E-state index is 14.3.